The third kappa shape index (κ3) is 13.6. The van der Waals surface area contributed by atoms with Crippen LogP contribution in [0.1, 0.15) is 80.1 Å². The second-order valence-electron chi connectivity index (χ2n) is 8.17. The third-order valence-electron chi connectivity index (χ3n) is 2.87. The lowest BCUT2D eigenvalue weighted by atomic mass is 9.88. The summed E-state index contributed by atoms with van der Waals surface area (Å²) in [5.74, 6) is 0.482. The predicted octanol–water partition coefficient (Wildman–Crippen LogP) is 4.10. The Morgan fingerprint density at radius 2 is 1.35 bits per heavy atom. The van der Waals surface area contributed by atoms with Crippen molar-refractivity contribution in [3.63, 3.8) is 0 Å². The lowest BCUT2D eigenvalue weighted by molar-refractivity contribution is -0.123. The SMILES string of the molecule is CC(C)(C)CC(=O)CCCCCNC(=O)CC(C)(C)C. The van der Waals surface area contributed by atoms with Crippen molar-refractivity contribution in [1.82, 2.24) is 5.32 Å². The number of unbranched alkanes of at least 4 members (excludes halogenated alkanes) is 2. The Morgan fingerprint density at radius 3 is 1.85 bits per heavy atom. The second-order valence-corrected chi connectivity index (χ2v) is 8.17. The summed E-state index contributed by atoms with van der Waals surface area (Å²) < 4.78 is 0. The molecule has 0 heterocycles. The molecule has 118 valence electrons. The molecule has 0 unspecified atom stereocenters. The molecule has 3 nitrogen and oxygen atoms in total. The van der Waals surface area contributed by atoms with E-state index in [2.05, 4.69) is 46.9 Å². The summed E-state index contributed by atoms with van der Waals surface area (Å²) in [7, 11) is 0. The molecule has 1 N–H and O–H groups in total. The maximum Gasteiger partial charge on any atom is 0.220 e. The number of Topliss-reactive ketones (excluding diaryl/α,β-unsaturated/α-hetero) is 1. The quantitative estimate of drug-likeness (QED) is 0.682. The highest BCUT2D eigenvalue weighted by atomic mass is 16.1. The van der Waals surface area contributed by atoms with E-state index in [0.29, 0.717) is 25.0 Å². The summed E-state index contributed by atoms with van der Waals surface area (Å²) in [5.41, 5.74) is 0.140. The molecular weight excluding hydrogens is 250 g/mol. The molecule has 3 heteroatoms. The normalized spacial score (nSPS) is 12.3. The maximum absolute atomic E-state index is 11.7. The van der Waals surface area contributed by atoms with Crippen LogP contribution in [0.4, 0.5) is 0 Å². The van der Waals surface area contributed by atoms with Gasteiger partial charge >= 0.3 is 0 Å². The zero-order valence-corrected chi connectivity index (χ0v) is 14.3. The largest absolute Gasteiger partial charge is 0.356 e. The van der Waals surface area contributed by atoms with Crippen LogP contribution < -0.4 is 5.32 Å². The van der Waals surface area contributed by atoms with Crippen molar-refractivity contribution in [2.45, 2.75) is 80.1 Å². The zero-order valence-electron chi connectivity index (χ0n) is 14.3. The first-order valence-electron chi connectivity index (χ1n) is 7.78. The van der Waals surface area contributed by atoms with Gasteiger partial charge in [-0.2, -0.15) is 0 Å². The summed E-state index contributed by atoms with van der Waals surface area (Å²) in [6.07, 6.45) is 4.80. The molecule has 0 aliphatic heterocycles. The Hall–Kier alpha value is -0.860. The molecule has 0 rings (SSSR count). The molecule has 0 saturated heterocycles. The molecule has 0 aromatic rings. The summed E-state index contributed by atoms with van der Waals surface area (Å²) >= 11 is 0. The number of rotatable bonds is 8. The van der Waals surface area contributed by atoms with E-state index in [9.17, 15) is 9.59 Å². The molecule has 0 bridgehead atoms. The molecule has 0 saturated carbocycles. The minimum absolute atomic E-state index is 0.0451. The Labute approximate surface area is 124 Å². The molecule has 0 radical (unpaired) electrons. The lowest BCUT2D eigenvalue weighted by Gasteiger charge is -2.17. The Bertz CT molecular complexity index is 276. The van der Waals surface area contributed by atoms with E-state index in [1.165, 1.54) is 0 Å². The number of carbonyl (C=O) groups is 2. The van der Waals surface area contributed by atoms with Crippen LogP contribution in [0.5, 0.6) is 0 Å². The standard InChI is InChI=1S/C17H33NO2/c1-16(2,3)12-14(19)10-8-7-9-11-18-15(20)13-17(4,5)6/h7-13H2,1-6H3,(H,18,20). The van der Waals surface area contributed by atoms with Crippen molar-refractivity contribution in [2.24, 2.45) is 10.8 Å². The maximum atomic E-state index is 11.7. The number of ketones is 1. The van der Waals surface area contributed by atoms with E-state index < -0.39 is 0 Å². The number of amides is 1. The van der Waals surface area contributed by atoms with Crippen LogP contribution in [0.3, 0.4) is 0 Å². The molecule has 0 aromatic carbocycles. The number of carbonyl (C=O) groups excluding carboxylic acids is 2. The predicted molar refractivity (Wildman–Crippen MR) is 84.6 cm³/mol. The fourth-order valence-electron chi connectivity index (χ4n) is 2.08. The Balaban J connectivity index is 3.54. The number of hydrogen-bond donors (Lipinski definition) is 1. The van der Waals surface area contributed by atoms with Crippen LogP contribution in [0.15, 0.2) is 0 Å². The van der Waals surface area contributed by atoms with Crippen molar-refractivity contribution in [3.8, 4) is 0 Å². The van der Waals surface area contributed by atoms with Crippen LogP contribution in [-0.2, 0) is 9.59 Å². The summed E-state index contributed by atoms with van der Waals surface area (Å²) in [6.45, 7) is 13.2. The van der Waals surface area contributed by atoms with E-state index in [1.54, 1.807) is 0 Å². The van der Waals surface area contributed by atoms with Gasteiger partial charge in [0.15, 0.2) is 0 Å². The summed E-state index contributed by atoms with van der Waals surface area (Å²) in [6, 6.07) is 0. The molecule has 0 aliphatic carbocycles. The Kier molecular flexibility index (Phi) is 8.07. The highest BCUT2D eigenvalue weighted by Gasteiger charge is 2.16. The van der Waals surface area contributed by atoms with E-state index >= 15 is 0 Å². The van der Waals surface area contributed by atoms with Gasteiger partial charge in [0, 0.05) is 25.8 Å². The van der Waals surface area contributed by atoms with Gasteiger partial charge in [-0.1, -0.05) is 48.0 Å². The third-order valence-corrected chi connectivity index (χ3v) is 2.87. The van der Waals surface area contributed by atoms with Gasteiger partial charge in [0.1, 0.15) is 5.78 Å². The van der Waals surface area contributed by atoms with Crippen molar-refractivity contribution in [3.05, 3.63) is 0 Å². The molecule has 0 atom stereocenters. The average molecular weight is 283 g/mol. The fraction of sp³-hybridized carbons (Fsp3) is 0.882. The zero-order chi connectivity index (χ0) is 15.8. The highest BCUT2D eigenvalue weighted by Crippen LogP contribution is 2.20. The van der Waals surface area contributed by atoms with Gasteiger partial charge in [0.2, 0.25) is 5.91 Å². The smallest absolute Gasteiger partial charge is 0.220 e. The van der Waals surface area contributed by atoms with Gasteiger partial charge in [-0.25, -0.2) is 0 Å². The van der Waals surface area contributed by atoms with Crippen molar-refractivity contribution in [1.29, 1.82) is 0 Å². The van der Waals surface area contributed by atoms with Crippen LogP contribution >= 0.6 is 0 Å². The van der Waals surface area contributed by atoms with E-state index in [1.807, 2.05) is 0 Å². The van der Waals surface area contributed by atoms with Gasteiger partial charge in [0.25, 0.3) is 0 Å². The van der Waals surface area contributed by atoms with Crippen LogP contribution in [-0.4, -0.2) is 18.2 Å². The first-order valence-corrected chi connectivity index (χ1v) is 7.78. The van der Waals surface area contributed by atoms with Gasteiger partial charge in [-0.15, -0.1) is 0 Å². The number of hydrogen-bond acceptors (Lipinski definition) is 2. The van der Waals surface area contributed by atoms with Crippen LogP contribution in [0, 0.1) is 10.8 Å². The van der Waals surface area contributed by atoms with E-state index in [0.717, 1.165) is 25.8 Å². The minimum atomic E-state index is 0.0451. The van der Waals surface area contributed by atoms with Crippen molar-refractivity contribution >= 4 is 11.7 Å². The number of nitrogens with one attached hydrogen (secondary N) is 1. The summed E-state index contributed by atoms with van der Waals surface area (Å²) in [4.78, 5) is 23.3. The minimum Gasteiger partial charge on any atom is -0.356 e. The van der Waals surface area contributed by atoms with E-state index in [4.69, 9.17) is 0 Å². The average Bonchev–Trinajstić information content (AvgIpc) is 2.17. The van der Waals surface area contributed by atoms with Crippen molar-refractivity contribution in [2.75, 3.05) is 6.54 Å². The van der Waals surface area contributed by atoms with Gasteiger partial charge in [0.05, 0.1) is 0 Å². The molecule has 0 fully saturated rings. The summed E-state index contributed by atoms with van der Waals surface area (Å²) in [5, 5.41) is 2.94. The monoisotopic (exact) mass is 283 g/mol. The second kappa shape index (κ2) is 8.43. The van der Waals surface area contributed by atoms with E-state index in [-0.39, 0.29) is 16.7 Å². The highest BCUT2D eigenvalue weighted by molar-refractivity contribution is 5.78. The molecule has 0 aromatic heterocycles. The van der Waals surface area contributed by atoms with Gasteiger partial charge in [-0.05, 0) is 23.7 Å². The molecule has 20 heavy (non-hydrogen) atoms. The van der Waals surface area contributed by atoms with Gasteiger partial charge in [-0.3, -0.25) is 9.59 Å². The van der Waals surface area contributed by atoms with Crippen LogP contribution in [0.2, 0.25) is 0 Å². The van der Waals surface area contributed by atoms with Crippen LogP contribution in [0.25, 0.3) is 0 Å². The lowest BCUT2D eigenvalue weighted by Crippen LogP contribution is -2.28. The molecular formula is C17H33NO2. The molecule has 0 spiro atoms. The fourth-order valence-corrected chi connectivity index (χ4v) is 2.08. The first-order chi connectivity index (χ1) is 8.99. The topological polar surface area (TPSA) is 46.2 Å². The first kappa shape index (κ1) is 19.1. The van der Waals surface area contributed by atoms with Gasteiger partial charge < -0.3 is 5.32 Å². The van der Waals surface area contributed by atoms with Crippen molar-refractivity contribution < 1.29 is 9.59 Å². The Morgan fingerprint density at radius 1 is 0.800 bits per heavy atom. The molecule has 1 amide bonds. The molecule has 0 aliphatic rings.